The largest absolute Gasteiger partial charge is 0.491 e. The van der Waals surface area contributed by atoms with Crippen molar-refractivity contribution in [1.29, 1.82) is 0 Å². The Bertz CT molecular complexity index is 677. The van der Waals surface area contributed by atoms with Crippen LogP contribution in [0.1, 0.15) is 47.1 Å². The van der Waals surface area contributed by atoms with Gasteiger partial charge >= 0.3 is 0 Å². The van der Waals surface area contributed by atoms with Crippen molar-refractivity contribution < 1.29 is 14.1 Å². The number of hydrogen-bond acceptors (Lipinski definition) is 4. The van der Waals surface area contributed by atoms with Crippen molar-refractivity contribution in [3.8, 4) is 5.75 Å². The van der Waals surface area contributed by atoms with E-state index in [9.17, 15) is 4.79 Å². The van der Waals surface area contributed by atoms with Crippen molar-refractivity contribution in [3.05, 3.63) is 46.8 Å². The maximum atomic E-state index is 12.6. The van der Waals surface area contributed by atoms with Crippen LogP contribution in [0.3, 0.4) is 0 Å². The van der Waals surface area contributed by atoms with Crippen LogP contribution in [0.2, 0.25) is 0 Å². The van der Waals surface area contributed by atoms with Crippen LogP contribution in [-0.2, 0) is 0 Å². The molecule has 0 bridgehead atoms. The van der Waals surface area contributed by atoms with Crippen molar-refractivity contribution in [1.82, 2.24) is 10.1 Å². The van der Waals surface area contributed by atoms with Gasteiger partial charge in [0.2, 0.25) is 0 Å². The van der Waals surface area contributed by atoms with E-state index in [1.165, 1.54) is 0 Å². The lowest BCUT2D eigenvalue weighted by Gasteiger charge is -2.18. The Morgan fingerprint density at radius 1 is 1.30 bits per heavy atom. The van der Waals surface area contributed by atoms with Crippen LogP contribution in [-0.4, -0.2) is 36.2 Å². The van der Waals surface area contributed by atoms with E-state index in [-0.39, 0.29) is 11.8 Å². The number of nitrogens with zero attached hydrogens (tertiary/aromatic N) is 2. The zero-order chi connectivity index (χ0) is 17.0. The second-order valence-corrected chi connectivity index (χ2v) is 6.00. The lowest BCUT2D eigenvalue weighted by atomic mass is 10.0. The molecule has 1 aromatic carbocycles. The van der Waals surface area contributed by atoms with E-state index in [1.54, 1.807) is 18.9 Å². The Labute approximate surface area is 137 Å². The van der Waals surface area contributed by atoms with Crippen molar-refractivity contribution >= 4 is 5.91 Å². The number of carbonyl (C=O) groups is 1. The lowest BCUT2D eigenvalue weighted by Crippen LogP contribution is -2.31. The molecule has 5 heteroatoms. The van der Waals surface area contributed by atoms with Gasteiger partial charge in [0.05, 0.1) is 12.2 Å². The molecular weight excluding hydrogens is 292 g/mol. The van der Waals surface area contributed by atoms with Gasteiger partial charge in [0, 0.05) is 13.0 Å². The highest BCUT2D eigenvalue weighted by molar-refractivity contribution is 5.96. The summed E-state index contributed by atoms with van der Waals surface area (Å²) in [5.41, 5.74) is 2.28. The molecule has 0 saturated carbocycles. The Kier molecular flexibility index (Phi) is 5.42. The van der Waals surface area contributed by atoms with Crippen LogP contribution in [0, 0.1) is 13.8 Å². The summed E-state index contributed by atoms with van der Waals surface area (Å²) in [6.07, 6.45) is 0. The van der Waals surface area contributed by atoms with E-state index in [1.807, 2.05) is 45.0 Å². The molecule has 0 N–H and O–H groups in total. The predicted octanol–water partition coefficient (Wildman–Crippen LogP) is 3.57. The Morgan fingerprint density at radius 2 is 2.00 bits per heavy atom. The maximum absolute atomic E-state index is 12.6. The number of carbonyl (C=O) groups excluding carboxylic acids is 1. The third-order valence-electron chi connectivity index (χ3n) is 3.75. The van der Waals surface area contributed by atoms with E-state index in [2.05, 4.69) is 5.16 Å². The van der Waals surface area contributed by atoms with E-state index < -0.39 is 0 Å². The molecule has 1 heterocycles. The number of benzene rings is 1. The molecule has 0 saturated heterocycles. The summed E-state index contributed by atoms with van der Waals surface area (Å²) >= 11 is 0. The summed E-state index contributed by atoms with van der Waals surface area (Å²) < 4.78 is 11.0. The predicted molar refractivity (Wildman–Crippen MR) is 89.0 cm³/mol. The molecule has 1 aromatic heterocycles. The first-order valence-corrected chi connectivity index (χ1v) is 7.82. The summed E-state index contributed by atoms with van der Waals surface area (Å²) in [6.45, 7) is 8.69. The summed E-state index contributed by atoms with van der Waals surface area (Å²) in [5, 5.41) is 3.93. The van der Waals surface area contributed by atoms with Gasteiger partial charge in [0.25, 0.3) is 5.91 Å². The highest BCUT2D eigenvalue weighted by Gasteiger charge is 2.24. The summed E-state index contributed by atoms with van der Waals surface area (Å²) in [5.74, 6) is 1.52. The Balaban J connectivity index is 1.98. The second-order valence-electron chi connectivity index (χ2n) is 6.00. The number of rotatable bonds is 6. The van der Waals surface area contributed by atoms with Crippen molar-refractivity contribution in [3.63, 3.8) is 0 Å². The third kappa shape index (κ3) is 3.92. The molecule has 0 aliphatic rings. The van der Waals surface area contributed by atoms with Gasteiger partial charge < -0.3 is 14.2 Å². The van der Waals surface area contributed by atoms with Crippen LogP contribution in [0.4, 0.5) is 0 Å². The molecule has 0 spiro atoms. The molecule has 0 fully saturated rings. The van der Waals surface area contributed by atoms with Gasteiger partial charge in [-0.3, -0.25) is 4.79 Å². The molecule has 2 aromatic rings. The fourth-order valence-electron chi connectivity index (χ4n) is 2.34. The van der Waals surface area contributed by atoms with Gasteiger partial charge in [-0.25, -0.2) is 0 Å². The molecule has 124 valence electrons. The summed E-state index contributed by atoms with van der Waals surface area (Å²) in [7, 11) is 1.76. The van der Waals surface area contributed by atoms with Gasteiger partial charge in [-0.1, -0.05) is 37.2 Å². The number of ether oxygens (including phenoxy) is 1. The third-order valence-corrected chi connectivity index (χ3v) is 3.75. The first-order valence-electron chi connectivity index (χ1n) is 7.82. The standard InChI is InChI=1S/C18H24N2O3/c1-12(2)17-16(14(4)19-23-17)18(21)20(5)10-11-22-15-9-7-6-8-13(15)3/h6-9,12H,10-11H2,1-5H3. The molecule has 0 aliphatic carbocycles. The zero-order valence-corrected chi connectivity index (χ0v) is 14.4. The van der Waals surface area contributed by atoms with Gasteiger partial charge in [-0.05, 0) is 25.5 Å². The average Bonchev–Trinajstić information content (AvgIpc) is 2.90. The summed E-state index contributed by atoms with van der Waals surface area (Å²) in [6, 6.07) is 7.84. The van der Waals surface area contributed by atoms with Crippen molar-refractivity contribution in [2.45, 2.75) is 33.6 Å². The minimum absolute atomic E-state index is 0.0826. The van der Waals surface area contributed by atoms with Gasteiger partial charge in [0.15, 0.2) is 5.76 Å². The van der Waals surface area contributed by atoms with Crippen LogP contribution >= 0.6 is 0 Å². The fraction of sp³-hybridized carbons (Fsp3) is 0.444. The van der Waals surface area contributed by atoms with Gasteiger partial charge in [0.1, 0.15) is 17.9 Å². The van der Waals surface area contributed by atoms with Crippen LogP contribution < -0.4 is 4.74 Å². The minimum atomic E-state index is -0.0826. The van der Waals surface area contributed by atoms with Crippen LogP contribution in [0.15, 0.2) is 28.8 Å². The highest BCUT2D eigenvalue weighted by atomic mass is 16.5. The molecule has 0 aliphatic heterocycles. The molecule has 23 heavy (non-hydrogen) atoms. The van der Waals surface area contributed by atoms with E-state index in [4.69, 9.17) is 9.26 Å². The Hall–Kier alpha value is -2.30. The zero-order valence-electron chi connectivity index (χ0n) is 14.4. The fourth-order valence-corrected chi connectivity index (χ4v) is 2.34. The van der Waals surface area contributed by atoms with Crippen LogP contribution in [0.5, 0.6) is 5.75 Å². The lowest BCUT2D eigenvalue weighted by molar-refractivity contribution is 0.0770. The minimum Gasteiger partial charge on any atom is -0.491 e. The van der Waals surface area contributed by atoms with E-state index >= 15 is 0 Å². The first-order chi connectivity index (χ1) is 10.9. The van der Waals surface area contributed by atoms with Crippen molar-refractivity contribution in [2.24, 2.45) is 0 Å². The second kappa shape index (κ2) is 7.31. The molecular formula is C18H24N2O3. The van der Waals surface area contributed by atoms with Gasteiger partial charge in [-0.2, -0.15) is 0 Å². The summed E-state index contributed by atoms with van der Waals surface area (Å²) in [4.78, 5) is 14.3. The molecule has 0 radical (unpaired) electrons. The number of amides is 1. The SMILES string of the molecule is Cc1ccccc1OCCN(C)C(=O)c1c(C)noc1C(C)C. The van der Waals surface area contributed by atoms with Gasteiger partial charge in [-0.15, -0.1) is 0 Å². The molecule has 2 rings (SSSR count). The number of likely N-dealkylation sites (N-methyl/N-ethyl adjacent to an activating group) is 1. The number of aryl methyl sites for hydroxylation is 2. The molecule has 0 unspecified atom stereocenters. The molecule has 0 atom stereocenters. The highest BCUT2D eigenvalue weighted by Crippen LogP contribution is 2.23. The van der Waals surface area contributed by atoms with E-state index in [0.29, 0.717) is 30.2 Å². The van der Waals surface area contributed by atoms with Crippen LogP contribution in [0.25, 0.3) is 0 Å². The molecule has 5 nitrogen and oxygen atoms in total. The van der Waals surface area contributed by atoms with Crippen molar-refractivity contribution in [2.75, 3.05) is 20.2 Å². The number of hydrogen-bond donors (Lipinski definition) is 0. The average molecular weight is 316 g/mol. The quantitative estimate of drug-likeness (QED) is 0.817. The topological polar surface area (TPSA) is 55.6 Å². The monoisotopic (exact) mass is 316 g/mol. The van der Waals surface area contributed by atoms with E-state index in [0.717, 1.165) is 11.3 Å². The first kappa shape index (κ1) is 17.1. The normalized spacial score (nSPS) is 10.9. The number of para-hydroxylation sites is 1. The maximum Gasteiger partial charge on any atom is 0.259 e. The Morgan fingerprint density at radius 3 is 2.65 bits per heavy atom. The smallest absolute Gasteiger partial charge is 0.259 e. The molecule has 1 amide bonds. The number of aromatic nitrogens is 1.